The summed E-state index contributed by atoms with van der Waals surface area (Å²) in [6.07, 6.45) is 3.96. The zero-order valence-electron chi connectivity index (χ0n) is 13.7. The van der Waals surface area contributed by atoms with Gasteiger partial charge in [0.1, 0.15) is 0 Å². The molecule has 0 aliphatic rings. The Bertz CT molecular complexity index is 724. The van der Waals surface area contributed by atoms with Crippen molar-refractivity contribution in [2.24, 2.45) is 0 Å². The van der Waals surface area contributed by atoms with E-state index in [1.165, 1.54) is 14.2 Å². The minimum atomic E-state index is -0.348. The first-order valence-electron chi connectivity index (χ1n) is 7.27. The van der Waals surface area contributed by atoms with Crippen LogP contribution in [0.1, 0.15) is 11.4 Å². The van der Waals surface area contributed by atoms with Crippen molar-refractivity contribution in [3.8, 4) is 11.5 Å². The Morgan fingerprint density at radius 3 is 2.71 bits per heavy atom. The van der Waals surface area contributed by atoms with Crippen molar-refractivity contribution in [1.29, 1.82) is 0 Å². The molecule has 1 heterocycles. The van der Waals surface area contributed by atoms with E-state index in [-0.39, 0.29) is 6.03 Å². The van der Waals surface area contributed by atoms with Crippen LogP contribution in [0.4, 0.5) is 10.5 Å². The molecule has 2 amide bonds. The Kier molecular flexibility index (Phi) is 6.20. The van der Waals surface area contributed by atoms with Gasteiger partial charge in [-0.1, -0.05) is 11.6 Å². The molecule has 1 aromatic carbocycles. The van der Waals surface area contributed by atoms with E-state index in [2.05, 4.69) is 20.6 Å². The lowest BCUT2D eigenvalue weighted by Crippen LogP contribution is -2.30. The number of halogens is 1. The summed E-state index contributed by atoms with van der Waals surface area (Å²) in [5.74, 6) is 0.860. The van der Waals surface area contributed by atoms with E-state index in [9.17, 15) is 4.79 Å². The molecule has 128 valence electrons. The number of benzene rings is 1. The van der Waals surface area contributed by atoms with Gasteiger partial charge in [-0.3, -0.25) is 9.97 Å². The number of hydrogen-bond acceptors (Lipinski definition) is 5. The van der Waals surface area contributed by atoms with Gasteiger partial charge in [0, 0.05) is 37.1 Å². The van der Waals surface area contributed by atoms with Gasteiger partial charge in [-0.2, -0.15) is 0 Å². The highest BCUT2D eigenvalue weighted by Crippen LogP contribution is 2.37. The number of anilines is 1. The first-order valence-corrected chi connectivity index (χ1v) is 7.65. The predicted molar refractivity (Wildman–Crippen MR) is 92.1 cm³/mol. The normalized spacial score (nSPS) is 10.2. The van der Waals surface area contributed by atoms with Crippen LogP contribution in [0.25, 0.3) is 0 Å². The summed E-state index contributed by atoms with van der Waals surface area (Å²) in [6, 6.07) is 2.88. The standard InChI is InChI=1S/C16H19ClN4O3/c1-10-8-18-9-11(20-10)4-5-19-16(22)21-12-6-13(17)15(24-3)14(7-12)23-2/h6-9H,4-5H2,1-3H3,(H2,19,21,22). The van der Waals surface area contributed by atoms with Gasteiger partial charge in [0.05, 0.1) is 30.6 Å². The highest BCUT2D eigenvalue weighted by atomic mass is 35.5. The molecule has 7 nitrogen and oxygen atoms in total. The van der Waals surface area contributed by atoms with Crippen LogP contribution in [0.15, 0.2) is 24.5 Å². The monoisotopic (exact) mass is 350 g/mol. The van der Waals surface area contributed by atoms with Gasteiger partial charge in [-0.05, 0) is 13.0 Å². The largest absolute Gasteiger partial charge is 0.493 e. The maximum Gasteiger partial charge on any atom is 0.319 e. The number of amides is 2. The van der Waals surface area contributed by atoms with Gasteiger partial charge < -0.3 is 20.1 Å². The summed E-state index contributed by atoms with van der Waals surface area (Å²) < 4.78 is 10.3. The number of nitrogens with one attached hydrogen (secondary N) is 2. The topological polar surface area (TPSA) is 85.4 Å². The lowest BCUT2D eigenvalue weighted by Gasteiger charge is -2.13. The van der Waals surface area contributed by atoms with Crippen molar-refractivity contribution < 1.29 is 14.3 Å². The summed E-state index contributed by atoms with van der Waals surface area (Å²) in [5.41, 5.74) is 2.17. The molecule has 0 aliphatic carbocycles. The molecule has 2 rings (SSSR count). The summed E-state index contributed by atoms with van der Waals surface area (Å²) >= 11 is 6.10. The lowest BCUT2D eigenvalue weighted by molar-refractivity contribution is 0.252. The second-order valence-corrected chi connectivity index (χ2v) is 5.38. The quantitative estimate of drug-likeness (QED) is 0.836. The number of methoxy groups -OCH3 is 2. The number of ether oxygens (including phenoxy) is 2. The van der Waals surface area contributed by atoms with Crippen LogP contribution >= 0.6 is 11.6 Å². The Hall–Kier alpha value is -2.54. The molecule has 0 radical (unpaired) electrons. The van der Waals surface area contributed by atoms with E-state index in [0.717, 1.165) is 11.4 Å². The molecule has 2 aromatic rings. The third-order valence-corrected chi connectivity index (χ3v) is 3.44. The Balaban J connectivity index is 1.91. The van der Waals surface area contributed by atoms with Gasteiger partial charge >= 0.3 is 6.03 Å². The van der Waals surface area contributed by atoms with Crippen molar-refractivity contribution in [3.05, 3.63) is 40.9 Å². The van der Waals surface area contributed by atoms with E-state index < -0.39 is 0 Å². The molecule has 24 heavy (non-hydrogen) atoms. The average molecular weight is 351 g/mol. The molecule has 0 aliphatic heterocycles. The number of carbonyl (C=O) groups excluding carboxylic acids is 1. The summed E-state index contributed by atoms with van der Waals surface area (Å²) in [6.45, 7) is 2.31. The fraction of sp³-hybridized carbons (Fsp3) is 0.312. The molecule has 0 fully saturated rings. The third-order valence-electron chi connectivity index (χ3n) is 3.16. The van der Waals surface area contributed by atoms with Crippen molar-refractivity contribution in [1.82, 2.24) is 15.3 Å². The van der Waals surface area contributed by atoms with Crippen LogP contribution in [-0.4, -0.2) is 36.8 Å². The van der Waals surface area contributed by atoms with E-state index in [0.29, 0.717) is 35.2 Å². The van der Waals surface area contributed by atoms with E-state index in [4.69, 9.17) is 21.1 Å². The van der Waals surface area contributed by atoms with E-state index in [1.807, 2.05) is 6.92 Å². The Labute approximate surface area is 145 Å². The predicted octanol–water partition coefficient (Wildman–Crippen LogP) is 2.82. The Morgan fingerprint density at radius 1 is 1.25 bits per heavy atom. The van der Waals surface area contributed by atoms with Gasteiger partial charge in [-0.25, -0.2) is 4.79 Å². The molecule has 8 heteroatoms. The molecular weight excluding hydrogens is 332 g/mol. The molecule has 0 bridgehead atoms. The van der Waals surface area contributed by atoms with Crippen molar-refractivity contribution in [2.75, 3.05) is 26.1 Å². The first-order chi connectivity index (χ1) is 11.5. The van der Waals surface area contributed by atoms with Crippen LogP contribution in [0.5, 0.6) is 11.5 Å². The minimum Gasteiger partial charge on any atom is -0.493 e. The number of carbonyl (C=O) groups is 1. The fourth-order valence-electron chi connectivity index (χ4n) is 2.11. The van der Waals surface area contributed by atoms with Crippen molar-refractivity contribution in [3.63, 3.8) is 0 Å². The average Bonchev–Trinajstić information content (AvgIpc) is 2.54. The molecule has 0 unspecified atom stereocenters. The van der Waals surface area contributed by atoms with Crippen LogP contribution < -0.4 is 20.1 Å². The maximum atomic E-state index is 12.0. The third kappa shape index (κ3) is 4.73. The van der Waals surface area contributed by atoms with Crippen LogP contribution in [0.3, 0.4) is 0 Å². The van der Waals surface area contributed by atoms with Crippen LogP contribution in [0.2, 0.25) is 5.02 Å². The summed E-state index contributed by atoms with van der Waals surface area (Å²) in [4.78, 5) is 20.4. The fourth-order valence-corrected chi connectivity index (χ4v) is 2.39. The van der Waals surface area contributed by atoms with Gasteiger partial charge in [0.25, 0.3) is 0 Å². The number of urea groups is 1. The number of aryl methyl sites for hydroxylation is 1. The van der Waals surface area contributed by atoms with E-state index in [1.54, 1.807) is 24.5 Å². The number of hydrogen-bond donors (Lipinski definition) is 2. The number of nitrogens with zero attached hydrogens (tertiary/aromatic N) is 2. The highest BCUT2D eigenvalue weighted by molar-refractivity contribution is 6.32. The second-order valence-electron chi connectivity index (χ2n) is 4.98. The number of rotatable bonds is 6. The molecular formula is C16H19ClN4O3. The molecule has 0 saturated carbocycles. The lowest BCUT2D eigenvalue weighted by atomic mass is 10.2. The maximum absolute atomic E-state index is 12.0. The smallest absolute Gasteiger partial charge is 0.319 e. The summed E-state index contributed by atoms with van der Waals surface area (Å²) in [5, 5.41) is 5.80. The number of aromatic nitrogens is 2. The van der Waals surface area contributed by atoms with Gasteiger partial charge in [0.15, 0.2) is 11.5 Å². The molecule has 2 N–H and O–H groups in total. The first kappa shape index (κ1) is 17.8. The van der Waals surface area contributed by atoms with Crippen molar-refractivity contribution in [2.45, 2.75) is 13.3 Å². The minimum absolute atomic E-state index is 0.348. The zero-order valence-corrected chi connectivity index (χ0v) is 14.5. The molecule has 0 saturated heterocycles. The second kappa shape index (κ2) is 8.35. The molecule has 0 spiro atoms. The van der Waals surface area contributed by atoms with Crippen LogP contribution in [0, 0.1) is 6.92 Å². The van der Waals surface area contributed by atoms with E-state index >= 15 is 0 Å². The van der Waals surface area contributed by atoms with Crippen molar-refractivity contribution >= 4 is 23.3 Å². The van der Waals surface area contributed by atoms with Gasteiger partial charge in [-0.15, -0.1) is 0 Å². The molecule has 1 aromatic heterocycles. The Morgan fingerprint density at radius 2 is 2.04 bits per heavy atom. The SMILES string of the molecule is COc1cc(NC(=O)NCCc2cncc(C)n2)cc(Cl)c1OC. The zero-order chi connectivity index (χ0) is 17.5. The summed E-state index contributed by atoms with van der Waals surface area (Å²) in [7, 11) is 3.00. The molecule has 0 atom stereocenters. The van der Waals surface area contributed by atoms with Gasteiger partial charge in [0.2, 0.25) is 0 Å². The van der Waals surface area contributed by atoms with Crippen LogP contribution in [-0.2, 0) is 6.42 Å². The highest BCUT2D eigenvalue weighted by Gasteiger charge is 2.12.